The van der Waals surface area contributed by atoms with Gasteiger partial charge < -0.3 is 10.1 Å². The van der Waals surface area contributed by atoms with Crippen LogP contribution in [0.3, 0.4) is 0 Å². The maximum atomic E-state index is 14.2. The van der Waals surface area contributed by atoms with Crippen molar-refractivity contribution in [1.82, 2.24) is 5.32 Å². The number of nitrogens with one attached hydrogen (secondary N) is 1. The van der Waals surface area contributed by atoms with Crippen LogP contribution in [0.1, 0.15) is 18.4 Å². The molecule has 0 heterocycles. The zero-order valence-electron chi connectivity index (χ0n) is 11.9. The number of benzene rings is 2. The van der Waals surface area contributed by atoms with Gasteiger partial charge in [-0.15, -0.1) is 0 Å². The van der Waals surface area contributed by atoms with Gasteiger partial charge in [-0.3, -0.25) is 0 Å². The van der Waals surface area contributed by atoms with E-state index in [4.69, 9.17) is 4.74 Å². The number of para-hydroxylation sites is 1. The number of methoxy groups -OCH3 is 1. The van der Waals surface area contributed by atoms with E-state index in [2.05, 4.69) is 5.32 Å². The topological polar surface area (TPSA) is 21.3 Å². The van der Waals surface area contributed by atoms with E-state index in [1.165, 1.54) is 24.6 Å². The number of ether oxygens (including phenoxy) is 1. The summed E-state index contributed by atoms with van der Waals surface area (Å²) < 4.78 is 19.5. The van der Waals surface area contributed by atoms with E-state index >= 15 is 0 Å². The summed E-state index contributed by atoms with van der Waals surface area (Å²) in [6.07, 6.45) is 2.48. The lowest BCUT2D eigenvalue weighted by Crippen LogP contribution is -2.15. The minimum absolute atomic E-state index is 0.180. The number of rotatable bonds is 6. The van der Waals surface area contributed by atoms with Crippen molar-refractivity contribution < 1.29 is 9.13 Å². The third-order valence-electron chi connectivity index (χ3n) is 3.46. The molecule has 0 atom stereocenters. The molecule has 0 radical (unpaired) electrons. The van der Waals surface area contributed by atoms with Crippen LogP contribution < -0.4 is 10.1 Å². The Bertz CT molecular complexity index is 628. The van der Waals surface area contributed by atoms with E-state index in [1.54, 1.807) is 13.2 Å². The van der Waals surface area contributed by atoms with Crippen LogP contribution in [-0.2, 0) is 6.54 Å². The highest BCUT2D eigenvalue weighted by atomic mass is 32.2. The van der Waals surface area contributed by atoms with Gasteiger partial charge in [-0.1, -0.05) is 30.0 Å². The fourth-order valence-corrected chi connectivity index (χ4v) is 3.04. The third kappa shape index (κ3) is 3.77. The van der Waals surface area contributed by atoms with Crippen molar-refractivity contribution >= 4 is 11.8 Å². The van der Waals surface area contributed by atoms with Crippen LogP contribution >= 0.6 is 11.8 Å². The molecule has 0 unspecified atom stereocenters. The van der Waals surface area contributed by atoms with Crippen molar-refractivity contribution in [2.75, 3.05) is 7.11 Å². The fraction of sp³-hybridized carbons (Fsp3) is 0.294. The summed E-state index contributed by atoms with van der Waals surface area (Å²) in [4.78, 5) is 1.54. The molecule has 0 saturated heterocycles. The molecule has 2 aromatic carbocycles. The van der Waals surface area contributed by atoms with Crippen molar-refractivity contribution in [3.05, 3.63) is 53.8 Å². The van der Waals surface area contributed by atoms with Gasteiger partial charge in [0.15, 0.2) is 0 Å². The Morgan fingerprint density at radius 1 is 1.19 bits per heavy atom. The Hall–Kier alpha value is -1.52. The Balaban J connectivity index is 1.72. The highest BCUT2D eigenvalue weighted by molar-refractivity contribution is 7.99. The molecular formula is C17H18FNOS. The Labute approximate surface area is 128 Å². The van der Waals surface area contributed by atoms with Crippen LogP contribution in [0.2, 0.25) is 0 Å². The van der Waals surface area contributed by atoms with E-state index in [-0.39, 0.29) is 5.82 Å². The van der Waals surface area contributed by atoms with Crippen molar-refractivity contribution in [3.63, 3.8) is 0 Å². The van der Waals surface area contributed by atoms with Crippen molar-refractivity contribution in [3.8, 4) is 5.75 Å². The quantitative estimate of drug-likeness (QED) is 0.862. The maximum Gasteiger partial charge on any atom is 0.137 e. The average Bonchev–Trinajstić information content (AvgIpc) is 3.32. The summed E-state index contributed by atoms with van der Waals surface area (Å²) in [5.41, 5.74) is 0.990. The lowest BCUT2D eigenvalue weighted by atomic mass is 10.2. The monoisotopic (exact) mass is 303 g/mol. The largest absolute Gasteiger partial charge is 0.496 e. The molecule has 1 N–H and O–H groups in total. The smallest absolute Gasteiger partial charge is 0.137 e. The van der Waals surface area contributed by atoms with Crippen molar-refractivity contribution in [2.45, 2.75) is 35.2 Å². The average molecular weight is 303 g/mol. The number of hydrogen-bond acceptors (Lipinski definition) is 3. The van der Waals surface area contributed by atoms with Gasteiger partial charge in [0.1, 0.15) is 11.6 Å². The summed E-state index contributed by atoms with van der Waals surface area (Å²) in [6, 6.07) is 13.7. The lowest BCUT2D eigenvalue weighted by molar-refractivity contribution is 0.405. The minimum atomic E-state index is -0.180. The summed E-state index contributed by atoms with van der Waals surface area (Å²) in [5.74, 6) is 0.586. The van der Waals surface area contributed by atoms with Crippen molar-refractivity contribution in [2.24, 2.45) is 0 Å². The fourth-order valence-electron chi connectivity index (χ4n) is 2.11. The first-order chi connectivity index (χ1) is 10.3. The third-order valence-corrected chi connectivity index (χ3v) is 4.57. The Morgan fingerprint density at radius 2 is 2.00 bits per heavy atom. The van der Waals surface area contributed by atoms with Crippen LogP contribution in [0.25, 0.3) is 0 Å². The van der Waals surface area contributed by atoms with Crippen LogP contribution in [0.4, 0.5) is 4.39 Å². The maximum absolute atomic E-state index is 14.2. The first-order valence-electron chi connectivity index (χ1n) is 7.09. The first-order valence-corrected chi connectivity index (χ1v) is 7.90. The molecule has 2 nitrogen and oxygen atoms in total. The van der Waals surface area contributed by atoms with Gasteiger partial charge in [0.25, 0.3) is 0 Å². The van der Waals surface area contributed by atoms with E-state index in [9.17, 15) is 4.39 Å². The molecule has 21 heavy (non-hydrogen) atoms. The molecule has 4 heteroatoms. The van der Waals surface area contributed by atoms with Gasteiger partial charge in [-0.05, 0) is 42.7 Å². The second-order valence-corrected chi connectivity index (χ2v) is 6.26. The number of halogens is 1. The molecule has 2 aromatic rings. The van der Waals surface area contributed by atoms with Crippen molar-refractivity contribution in [1.29, 1.82) is 0 Å². The first kappa shape index (κ1) is 14.4. The van der Waals surface area contributed by atoms with Gasteiger partial charge in [0.05, 0.1) is 12.0 Å². The van der Waals surface area contributed by atoms with Gasteiger partial charge in [0.2, 0.25) is 0 Å². The SMILES string of the molecule is COc1ccccc1Sc1ccc(CNC2CC2)cc1F. The standard InChI is InChI=1S/C17H18FNOS/c1-20-15-4-2-3-5-17(15)21-16-9-6-12(10-14(16)18)11-19-13-7-8-13/h2-6,9-10,13,19H,7-8,11H2,1H3. The molecule has 3 rings (SSSR count). The predicted octanol–water partition coefficient (Wildman–Crippen LogP) is 4.24. The molecule has 0 amide bonds. The van der Waals surface area contributed by atoms with Gasteiger partial charge in [-0.2, -0.15) is 0 Å². The molecule has 110 valence electrons. The summed E-state index contributed by atoms with van der Waals surface area (Å²) in [7, 11) is 1.63. The van der Waals surface area contributed by atoms with E-state index in [0.717, 1.165) is 22.8 Å². The van der Waals surface area contributed by atoms with Gasteiger partial charge in [-0.25, -0.2) is 4.39 Å². The molecule has 1 saturated carbocycles. The summed E-state index contributed by atoms with van der Waals surface area (Å²) in [6.45, 7) is 0.737. The highest BCUT2D eigenvalue weighted by Gasteiger charge is 2.20. The summed E-state index contributed by atoms with van der Waals surface area (Å²) >= 11 is 1.39. The number of hydrogen-bond donors (Lipinski definition) is 1. The normalized spacial score (nSPS) is 14.2. The van der Waals surface area contributed by atoms with Crippen LogP contribution in [-0.4, -0.2) is 13.2 Å². The summed E-state index contributed by atoms with van der Waals surface area (Å²) in [5, 5.41) is 3.39. The van der Waals surface area contributed by atoms with Crippen LogP contribution in [0, 0.1) is 5.82 Å². The molecule has 0 aliphatic heterocycles. The Kier molecular flexibility index (Phi) is 4.46. The van der Waals surface area contributed by atoms with Gasteiger partial charge in [0, 0.05) is 17.5 Å². The second-order valence-electron chi connectivity index (χ2n) is 5.17. The van der Waals surface area contributed by atoms with E-state index in [0.29, 0.717) is 10.9 Å². The molecule has 0 spiro atoms. The Morgan fingerprint density at radius 3 is 2.71 bits per heavy atom. The lowest BCUT2D eigenvalue weighted by Gasteiger charge is -2.09. The van der Waals surface area contributed by atoms with E-state index < -0.39 is 0 Å². The zero-order chi connectivity index (χ0) is 14.7. The van der Waals surface area contributed by atoms with Gasteiger partial charge >= 0.3 is 0 Å². The molecular weight excluding hydrogens is 285 g/mol. The molecule has 0 bridgehead atoms. The van der Waals surface area contributed by atoms with Crippen LogP contribution in [0.5, 0.6) is 5.75 Å². The zero-order valence-corrected chi connectivity index (χ0v) is 12.8. The minimum Gasteiger partial charge on any atom is -0.496 e. The molecule has 1 aliphatic carbocycles. The molecule has 1 fully saturated rings. The second kappa shape index (κ2) is 6.50. The predicted molar refractivity (Wildman–Crippen MR) is 83.4 cm³/mol. The molecule has 1 aliphatic rings. The molecule has 0 aromatic heterocycles. The van der Waals surface area contributed by atoms with Crippen LogP contribution in [0.15, 0.2) is 52.3 Å². The highest BCUT2D eigenvalue weighted by Crippen LogP contribution is 2.36. The van der Waals surface area contributed by atoms with E-state index in [1.807, 2.05) is 36.4 Å².